The fourth-order valence-electron chi connectivity index (χ4n) is 4.42. The zero-order chi connectivity index (χ0) is 23.0. The molecule has 0 radical (unpaired) electrons. The van der Waals surface area contributed by atoms with Gasteiger partial charge >= 0.3 is 0 Å². The number of benzene rings is 1. The van der Waals surface area contributed by atoms with E-state index in [4.69, 9.17) is 0 Å². The summed E-state index contributed by atoms with van der Waals surface area (Å²) in [5, 5.41) is 0. The molecule has 0 spiro atoms. The molecule has 3 heterocycles. The Morgan fingerprint density at radius 1 is 1.22 bits per heavy atom. The molecule has 2 atom stereocenters. The first-order valence-electron chi connectivity index (χ1n) is 10.4. The summed E-state index contributed by atoms with van der Waals surface area (Å²) in [7, 11) is -3.62. The van der Waals surface area contributed by atoms with Crippen LogP contribution in [-0.2, 0) is 14.6 Å². The van der Waals surface area contributed by atoms with E-state index >= 15 is 0 Å². The van der Waals surface area contributed by atoms with E-state index in [0.717, 1.165) is 5.56 Å². The molecule has 1 saturated heterocycles. The second kappa shape index (κ2) is 8.74. The van der Waals surface area contributed by atoms with Gasteiger partial charge in [-0.1, -0.05) is 6.07 Å². The van der Waals surface area contributed by atoms with Crippen molar-refractivity contribution < 1.29 is 17.6 Å². The standard InChI is InChI=1S/C22H25FN4O3S2/c1-14-9-17(23)10-24-22(14)26-11-15(2)27(16(3)12-26)20(28)7-8-32(29,30)19-6-4-5-18-21(19)31-13-25-18/h4-6,9-10,13,15-16H,7-8,11-12H2,1-3H3. The molecule has 0 N–H and O–H groups in total. The number of thiazole rings is 1. The van der Waals surface area contributed by atoms with Crippen LogP contribution >= 0.6 is 11.3 Å². The Bertz CT molecular complexity index is 1250. The van der Waals surface area contributed by atoms with Gasteiger partial charge in [0.25, 0.3) is 0 Å². The number of halogens is 1. The number of anilines is 1. The third-order valence-corrected chi connectivity index (χ3v) is 8.52. The number of carbonyl (C=O) groups excluding carboxylic acids is 1. The van der Waals surface area contributed by atoms with Crippen molar-refractivity contribution in [2.24, 2.45) is 0 Å². The largest absolute Gasteiger partial charge is 0.352 e. The summed E-state index contributed by atoms with van der Waals surface area (Å²) in [6, 6.07) is 6.20. The van der Waals surface area contributed by atoms with Crippen LogP contribution in [0.5, 0.6) is 0 Å². The number of carbonyl (C=O) groups is 1. The van der Waals surface area contributed by atoms with E-state index in [-0.39, 0.29) is 40.9 Å². The minimum Gasteiger partial charge on any atom is -0.352 e. The van der Waals surface area contributed by atoms with Crippen LogP contribution < -0.4 is 4.90 Å². The van der Waals surface area contributed by atoms with E-state index in [1.165, 1.54) is 23.6 Å². The van der Waals surface area contributed by atoms with Crippen LogP contribution in [0, 0.1) is 12.7 Å². The van der Waals surface area contributed by atoms with Gasteiger partial charge in [0.05, 0.1) is 32.6 Å². The van der Waals surface area contributed by atoms with Gasteiger partial charge < -0.3 is 9.80 Å². The third-order valence-electron chi connectivity index (χ3n) is 5.76. The number of aryl methyl sites for hydroxylation is 1. The molecule has 2 aromatic heterocycles. The molecule has 0 saturated carbocycles. The van der Waals surface area contributed by atoms with Crippen molar-refractivity contribution >= 4 is 43.1 Å². The molecule has 7 nitrogen and oxygen atoms in total. The van der Waals surface area contributed by atoms with Gasteiger partial charge in [0.15, 0.2) is 9.84 Å². The predicted molar refractivity (Wildman–Crippen MR) is 123 cm³/mol. The minimum atomic E-state index is -3.62. The zero-order valence-corrected chi connectivity index (χ0v) is 19.8. The monoisotopic (exact) mass is 476 g/mol. The molecule has 170 valence electrons. The van der Waals surface area contributed by atoms with Crippen LogP contribution in [0.2, 0.25) is 0 Å². The summed E-state index contributed by atoms with van der Waals surface area (Å²) < 4.78 is 40.0. The molecule has 2 unspecified atom stereocenters. The smallest absolute Gasteiger partial charge is 0.224 e. The second-order valence-corrected chi connectivity index (χ2v) is 11.2. The second-order valence-electron chi connectivity index (χ2n) is 8.22. The maximum Gasteiger partial charge on any atom is 0.224 e. The highest BCUT2D eigenvalue weighted by Crippen LogP contribution is 2.28. The van der Waals surface area contributed by atoms with Crippen LogP contribution in [0.1, 0.15) is 25.8 Å². The SMILES string of the molecule is Cc1cc(F)cnc1N1CC(C)N(C(=O)CCS(=O)(=O)c2cccc3ncsc23)C(C)C1. The number of nitrogens with zero attached hydrogens (tertiary/aromatic N) is 4. The Hall–Kier alpha value is -2.59. The van der Waals surface area contributed by atoms with Crippen LogP contribution in [0.25, 0.3) is 10.2 Å². The van der Waals surface area contributed by atoms with Crippen molar-refractivity contribution in [3.8, 4) is 0 Å². The fraction of sp³-hybridized carbons (Fsp3) is 0.409. The highest BCUT2D eigenvalue weighted by atomic mass is 32.2. The molecular formula is C22H25FN4O3S2. The summed E-state index contributed by atoms with van der Waals surface area (Å²) in [5.74, 6) is -0.108. The molecule has 0 aliphatic carbocycles. The van der Waals surface area contributed by atoms with E-state index in [1.807, 2.05) is 20.8 Å². The molecule has 4 rings (SSSR count). The van der Waals surface area contributed by atoms with Gasteiger partial charge in [0.2, 0.25) is 5.91 Å². The Morgan fingerprint density at radius 2 is 1.94 bits per heavy atom. The minimum absolute atomic E-state index is 0.0833. The summed E-state index contributed by atoms with van der Waals surface area (Å²) in [6.45, 7) is 6.77. The van der Waals surface area contributed by atoms with Crippen molar-refractivity contribution in [3.05, 3.63) is 47.4 Å². The number of amides is 1. The zero-order valence-electron chi connectivity index (χ0n) is 18.2. The molecule has 1 aliphatic rings. The van der Waals surface area contributed by atoms with Crippen LogP contribution in [0.3, 0.4) is 0 Å². The van der Waals surface area contributed by atoms with E-state index < -0.39 is 9.84 Å². The quantitative estimate of drug-likeness (QED) is 0.561. The molecular weight excluding hydrogens is 451 g/mol. The predicted octanol–water partition coefficient (Wildman–Crippen LogP) is 3.43. The molecule has 1 aliphatic heterocycles. The molecule has 3 aromatic rings. The van der Waals surface area contributed by atoms with E-state index in [2.05, 4.69) is 14.9 Å². The first kappa shape index (κ1) is 22.6. The molecule has 10 heteroatoms. The van der Waals surface area contributed by atoms with Crippen LogP contribution in [0.15, 0.2) is 40.9 Å². The van der Waals surface area contributed by atoms with Gasteiger partial charge in [-0.25, -0.2) is 22.8 Å². The normalized spacial score (nSPS) is 19.5. The van der Waals surface area contributed by atoms with Gasteiger partial charge in [-0.3, -0.25) is 4.79 Å². The number of pyridine rings is 1. The summed E-state index contributed by atoms with van der Waals surface area (Å²) in [5.41, 5.74) is 3.01. The summed E-state index contributed by atoms with van der Waals surface area (Å²) >= 11 is 1.28. The van der Waals surface area contributed by atoms with Crippen LogP contribution in [0.4, 0.5) is 10.2 Å². The average Bonchev–Trinajstić information content (AvgIpc) is 3.20. The lowest BCUT2D eigenvalue weighted by molar-refractivity contribution is -0.135. The molecule has 0 bridgehead atoms. The Balaban J connectivity index is 1.45. The number of aromatic nitrogens is 2. The molecule has 1 aromatic carbocycles. The first-order chi connectivity index (χ1) is 15.2. The summed E-state index contributed by atoms with van der Waals surface area (Å²) in [6.07, 6.45) is 1.11. The molecule has 32 heavy (non-hydrogen) atoms. The van der Waals surface area contributed by atoms with Gasteiger partial charge in [-0.2, -0.15) is 0 Å². The van der Waals surface area contributed by atoms with Gasteiger partial charge in [-0.15, -0.1) is 11.3 Å². The molecule has 1 fully saturated rings. The topological polar surface area (TPSA) is 83.5 Å². The highest BCUT2D eigenvalue weighted by molar-refractivity contribution is 7.91. The maximum absolute atomic E-state index is 13.4. The number of piperazine rings is 1. The summed E-state index contributed by atoms with van der Waals surface area (Å²) in [4.78, 5) is 25.5. The van der Waals surface area contributed by atoms with Crippen molar-refractivity contribution in [3.63, 3.8) is 0 Å². The number of hydrogen-bond acceptors (Lipinski definition) is 7. The molecule has 1 amide bonds. The fourth-order valence-corrected chi connectivity index (χ4v) is 6.98. The van der Waals surface area contributed by atoms with Crippen molar-refractivity contribution in [1.82, 2.24) is 14.9 Å². The van der Waals surface area contributed by atoms with Crippen molar-refractivity contribution in [2.45, 2.75) is 44.2 Å². The Morgan fingerprint density at radius 3 is 2.62 bits per heavy atom. The lowest BCUT2D eigenvalue weighted by atomic mass is 10.1. The highest BCUT2D eigenvalue weighted by Gasteiger charge is 2.34. The maximum atomic E-state index is 13.4. The van der Waals surface area contributed by atoms with Gasteiger partial charge in [0, 0.05) is 31.6 Å². The van der Waals surface area contributed by atoms with Gasteiger partial charge in [-0.05, 0) is 44.5 Å². The van der Waals surface area contributed by atoms with Gasteiger partial charge in [0.1, 0.15) is 11.6 Å². The first-order valence-corrected chi connectivity index (χ1v) is 12.9. The Labute approximate surface area is 190 Å². The number of sulfone groups is 1. The number of hydrogen-bond donors (Lipinski definition) is 0. The number of fused-ring (bicyclic) bond motifs is 1. The number of rotatable bonds is 5. The van der Waals surface area contributed by atoms with Crippen LogP contribution in [-0.4, -0.2) is 60.1 Å². The lowest BCUT2D eigenvalue weighted by Gasteiger charge is -2.45. The van der Waals surface area contributed by atoms with Crippen molar-refractivity contribution in [1.29, 1.82) is 0 Å². The lowest BCUT2D eigenvalue weighted by Crippen LogP contribution is -2.59. The van der Waals surface area contributed by atoms with E-state index in [0.29, 0.717) is 29.1 Å². The Kier molecular flexibility index (Phi) is 6.17. The van der Waals surface area contributed by atoms with E-state index in [1.54, 1.807) is 28.6 Å². The average molecular weight is 477 g/mol. The van der Waals surface area contributed by atoms with Crippen molar-refractivity contribution in [2.75, 3.05) is 23.7 Å². The van der Waals surface area contributed by atoms with E-state index in [9.17, 15) is 17.6 Å². The third kappa shape index (κ3) is 4.33.